The zero-order valence-corrected chi connectivity index (χ0v) is 15.7. The van der Waals surface area contributed by atoms with Crippen LogP contribution < -0.4 is 0 Å². The van der Waals surface area contributed by atoms with Crippen LogP contribution in [0.2, 0.25) is 0 Å². The van der Waals surface area contributed by atoms with Gasteiger partial charge in [0.05, 0.1) is 16.0 Å². The molecule has 5 rings (SSSR count). The van der Waals surface area contributed by atoms with Crippen molar-refractivity contribution in [1.29, 1.82) is 0 Å². The van der Waals surface area contributed by atoms with Gasteiger partial charge < -0.3 is 4.90 Å². The number of nitrogens with zero attached hydrogens (tertiary/aromatic N) is 3. The van der Waals surface area contributed by atoms with Crippen molar-refractivity contribution in [2.75, 3.05) is 19.6 Å². The highest BCUT2D eigenvalue weighted by molar-refractivity contribution is 7.89. The molecule has 1 unspecified atom stereocenters. The minimum atomic E-state index is -3.52. The highest BCUT2D eigenvalue weighted by Crippen LogP contribution is 2.51. The molecule has 3 heterocycles. The SMILES string of the molecule is O=C(c1cccnc1)N1CCC2(C1)c1ccccc1S(=O)(=O)N2CC1CC1. The van der Waals surface area contributed by atoms with Crippen LogP contribution in [-0.2, 0) is 15.6 Å². The van der Waals surface area contributed by atoms with Crippen LogP contribution in [-0.4, -0.2) is 48.1 Å². The molecule has 1 amide bonds. The Hall–Kier alpha value is -2.25. The number of fused-ring (bicyclic) bond motifs is 2. The molecule has 7 heteroatoms. The number of sulfonamides is 1. The maximum Gasteiger partial charge on any atom is 0.255 e. The number of rotatable bonds is 3. The first-order valence-electron chi connectivity index (χ1n) is 9.34. The molecule has 1 saturated heterocycles. The van der Waals surface area contributed by atoms with Gasteiger partial charge in [0, 0.05) is 32.0 Å². The molecule has 140 valence electrons. The standard InChI is InChI=1S/C20H21N3O3S/c24-19(16-4-3-10-21-12-16)22-11-9-20(14-22)17-5-1-2-6-18(17)27(25,26)23(20)13-15-7-8-15/h1-6,10,12,15H,7-9,11,13-14H2. The summed E-state index contributed by atoms with van der Waals surface area (Å²) in [4.78, 5) is 19.1. The van der Waals surface area contributed by atoms with Crippen LogP contribution in [0.15, 0.2) is 53.7 Å². The van der Waals surface area contributed by atoms with Crippen molar-refractivity contribution in [3.63, 3.8) is 0 Å². The van der Waals surface area contributed by atoms with Gasteiger partial charge in [0.25, 0.3) is 5.91 Å². The van der Waals surface area contributed by atoms with Gasteiger partial charge >= 0.3 is 0 Å². The van der Waals surface area contributed by atoms with E-state index in [0.29, 0.717) is 42.4 Å². The van der Waals surface area contributed by atoms with Gasteiger partial charge in [0.2, 0.25) is 10.0 Å². The van der Waals surface area contributed by atoms with Gasteiger partial charge in [0.15, 0.2) is 0 Å². The Labute approximate surface area is 158 Å². The summed E-state index contributed by atoms with van der Waals surface area (Å²) in [5.74, 6) is 0.349. The molecule has 3 aliphatic rings. The van der Waals surface area contributed by atoms with E-state index < -0.39 is 15.6 Å². The molecule has 0 N–H and O–H groups in total. The lowest BCUT2D eigenvalue weighted by Gasteiger charge is -2.34. The number of carbonyl (C=O) groups is 1. The van der Waals surface area contributed by atoms with Gasteiger partial charge in [-0.05, 0) is 48.9 Å². The zero-order chi connectivity index (χ0) is 18.6. The summed E-state index contributed by atoms with van der Waals surface area (Å²) in [5, 5.41) is 0. The molecule has 1 atom stereocenters. The molecule has 2 aliphatic heterocycles. The second-order valence-electron chi connectivity index (χ2n) is 7.73. The Balaban J connectivity index is 1.54. The number of amides is 1. The van der Waals surface area contributed by atoms with Crippen LogP contribution in [0.4, 0.5) is 0 Å². The zero-order valence-electron chi connectivity index (χ0n) is 14.9. The molecule has 1 aromatic carbocycles. The van der Waals surface area contributed by atoms with Crippen molar-refractivity contribution in [1.82, 2.24) is 14.2 Å². The van der Waals surface area contributed by atoms with E-state index in [1.165, 1.54) is 0 Å². The number of pyridine rings is 1. The predicted octanol–water partition coefficient (Wildman–Crippen LogP) is 2.24. The number of benzene rings is 1. The van der Waals surface area contributed by atoms with Crippen LogP contribution in [0.1, 0.15) is 35.2 Å². The van der Waals surface area contributed by atoms with Gasteiger partial charge in [-0.3, -0.25) is 9.78 Å². The van der Waals surface area contributed by atoms with Crippen LogP contribution in [0.25, 0.3) is 0 Å². The van der Waals surface area contributed by atoms with Crippen molar-refractivity contribution in [2.24, 2.45) is 5.92 Å². The number of hydrogen-bond donors (Lipinski definition) is 0. The fourth-order valence-electron chi connectivity index (χ4n) is 4.43. The molecule has 6 nitrogen and oxygen atoms in total. The lowest BCUT2D eigenvalue weighted by molar-refractivity contribution is 0.0763. The van der Waals surface area contributed by atoms with E-state index in [0.717, 1.165) is 18.4 Å². The number of hydrogen-bond acceptors (Lipinski definition) is 4. The molecule has 1 saturated carbocycles. The van der Waals surface area contributed by atoms with E-state index in [4.69, 9.17) is 0 Å². The number of likely N-dealkylation sites (tertiary alicyclic amines) is 1. The molecular formula is C20H21N3O3S. The van der Waals surface area contributed by atoms with Gasteiger partial charge in [-0.15, -0.1) is 0 Å². The van der Waals surface area contributed by atoms with Crippen LogP contribution in [0, 0.1) is 5.92 Å². The third-order valence-electron chi connectivity index (χ3n) is 6.00. The largest absolute Gasteiger partial charge is 0.336 e. The van der Waals surface area contributed by atoms with Gasteiger partial charge in [-0.2, -0.15) is 4.31 Å². The molecule has 0 bridgehead atoms. The third kappa shape index (κ3) is 2.52. The average Bonchev–Trinajstić information content (AvgIpc) is 3.38. The Morgan fingerprint density at radius 3 is 2.74 bits per heavy atom. The summed E-state index contributed by atoms with van der Waals surface area (Å²) in [6.45, 7) is 1.48. The lowest BCUT2D eigenvalue weighted by Crippen LogP contribution is -2.47. The van der Waals surface area contributed by atoms with Crippen molar-refractivity contribution in [3.8, 4) is 0 Å². The summed E-state index contributed by atoms with van der Waals surface area (Å²) in [6, 6.07) is 10.8. The van der Waals surface area contributed by atoms with Crippen molar-refractivity contribution in [3.05, 3.63) is 59.9 Å². The second-order valence-corrected chi connectivity index (χ2v) is 9.56. The van der Waals surface area contributed by atoms with E-state index in [-0.39, 0.29) is 5.91 Å². The van der Waals surface area contributed by atoms with Crippen LogP contribution in [0.5, 0.6) is 0 Å². The summed E-state index contributed by atoms with van der Waals surface area (Å²) in [6.07, 6.45) is 5.99. The van der Waals surface area contributed by atoms with E-state index >= 15 is 0 Å². The first-order valence-corrected chi connectivity index (χ1v) is 10.8. The van der Waals surface area contributed by atoms with Crippen LogP contribution >= 0.6 is 0 Å². The first kappa shape index (κ1) is 16.9. The average molecular weight is 383 g/mol. The highest BCUT2D eigenvalue weighted by Gasteiger charge is 2.58. The third-order valence-corrected chi connectivity index (χ3v) is 7.99. The molecule has 1 spiro atoms. The minimum absolute atomic E-state index is 0.0897. The van der Waals surface area contributed by atoms with Crippen LogP contribution in [0.3, 0.4) is 0 Å². The summed E-state index contributed by atoms with van der Waals surface area (Å²) in [5.41, 5.74) is 0.736. The second kappa shape index (κ2) is 5.87. The molecule has 1 aliphatic carbocycles. The van der Waals surface area contributed by atoms with E-state index in [9.17, 15) is 13.2 Å². The molecule has 2 fully saturated rings. The Morgan fingerprint density at radius 2 is 2.00 bits per heavy atom. The quantitative estimate of drug-likeness (QED) is 0.815. The van der Waals surface area contributed by atoms with Gasteiger partial charge in [0.1, 0.15) is 0 Å². The van der Waals surface area contributed by atoms with E-state index in [1.54, 1.807) is 45.9 Å². The number of aromatic nitrogens is 1. The van der Waals surface area contributed by atoms with E-state index in [1.807, 2.05) is 12.1 Å². The van der Waals surface area contributed by atoms with Crippen molar-refractivity contribution < 1.29 is 13.2 Å². The maximum atomic E-state index is 13.3. The Bertz CT molecular complexity index is 1000. The monoisotopic (exact) mass is 383 g/mol. The summed E-state index contributed by atoms with van der Waals surface area (Å²) < 4.78 is 28.2. The van der Waals surface area contributed by atoms with E-state index in [2.05, 4.69) is 4.98 Å². The smallest absolute Gasteiger partial charge is 0.255 e. The molecule has 0 radical (unpaired) electrons. The molecule has 1 aromatic heterocycles. The van der Waals surface area contributed by atoms with Gasteiger partial charge in [-0.1, -0.05) is 18.2 Å². The van der Waals surface area contributed by atoms with Crippen molar-refractivity contribution >= 4 is 15.9 Å². The number of carbonyl (C=O) groups excluding carboxylic acids is 1. The highest BCUT2D eigenvalue weighted by atomic mass is 32.2. The maximum absolute atomic E-state index is 13.3. The normalized spacial score (nSPS) is 26.4. The van der Waals surface area contributed by atoms with Gasteiger partial charge in [-0.25, -0.2) is 8.42 Å². The lowest BCUT2D eigenvalue weighted by atomic mass is 9.88. The Kier molecular flexibility index (Phi) is 3.67. The Morgan fingerprint density at radius 1 is 1.19 bits per heavy atom. The first-order chi connectivity index (χ1) is 13.0. The summed E-state index contributed by atoms with van der Waals surface area (Å²) in [7, 11) is -3.52. The summed E-state index contributed by atoms with van der Waals surface area (Å²) >= 11 is 0. The topological polar surface area (TPSA) is 70.6 Å². The fourth-order valence-corrected chi connectivity index (χ4v) is 6.57. The molecular weight excluding hydrogens is 362 g/mol. The molecule has 2 aromatic rings. The predicted molar refractivity (Wildman–Crippen MR) is 99.5 cm³/mol. The van der Waals surface area contributed by atoms with Crippen molar-refractivity contribution in [2.45, 2.75) is 29.7 Å². The minimum Gasteiger partial charge on any atom is -0.336 e. The molecule has 27 heavy (non-hydrogen) atoms. The fraction of sp³-hybridized carbons (Fsp3) is 0.400.